The van der Waals surface area contributed by atoms with E-state index in [-0.39, 0.29) is 42.3 Å². The molecule has 4 rings (SSSR count). The van der Waals surface area contributed by atoms with Gasteiger partial charge in [0.1, 0.15) is 12.8 Å². The van der Waals surface area contributed by atoms with Gasteiger partial charge in [0.2, 0.25) is 0 Å². The number of carbonyl (C=O) groups excluding carboxylic acids is 3. The van der Waals surface area contributed by atoms with E-state index in [1.54, 1.807) is 6.08 Å². The third-order valence-electron chi connectivity index (χ3n) is 7.96. The lowest BCUT2D eigenvalue weighted by molar-refractivity contribution is -0.149. The number of Topliss-reactive ketones (excluding diaryl/α,β-unsaturated/α-hetero) is 1. The lowest BCUT2D eigenvalue weighted by Gasteiger charge is -2.52. The summed E-state index contributed by atoms with van der Waals surface area (Å²) in [5.74, 6) is -1.22. The molecule has 0 heterocycles. The molecule has 0 bridgehead atoms. The van der Waals surface area contributed by atoms with Crippen LogP contribution in [0.1, 0.15) is 47.0 Å². The summed E-state index contributed by atoms with van der Waals surface area (Å²) in [5.41, 5.74) is 0.779. The molecule has 0 aliphatic heterocycles. The minimum atomic E-state index is -1.29. The summed E-state index contributed by atoms with van der Waals surface area (Å²) in [5, 5.41) is 11.3. The topological polar surface area (TPSA) is 80.7 Å². The highest BCUT2D eigenvalue weighted by molar-refractivity contribution is 6.01. The smallest absolute Gasteiger partial charge is 0.303 e. The molecule has 0 aromatic rings. The van der Waals surface area contributed by atoms with Crippen LogP contribution in [0.2, 0.25) is 0 Å². The van der Waals surface area contributed by atoms with Crippen LogP contribution in [0.3, 0.4) is 0 Å². The van der Waals surface area contributed by atoms with Crippen molar-refractivity contribution in [2.45, 2.75) is 59.2 Å². The fourth-order valence-electron chi connectivity index (χ4n) is 6.91. The number of carbonyl (C=O) groups is 3. The van der Waals surface area contributed by atoms with Gasteiger partial charge in [-0.25, -0.2) is 4.39 Å². The Morgan fingerprint density at radius 1 is 1.33 bits per heavy atom. The first kappa shape index (κ1) is 21.2. The molecule has 4 aliphatic rings. The van der Waals surface area contributed by atoms with E-state index in [4.69, 9.17) is 4.74 Å². The zero-order chi connectivity index (χ0) is 22.0. The summed E-state index contributed by atoms with van der Waals surface area (Å²) in [6, 6.07) is 0. The zero-order valence-electron chi connectivity index (χ0n) is 17.9. The van der Waals surface area contributed by atoms with Crippen molar-refractivity contribution < 1.29 is 28.6 Å². The van der Waals surface area contributed by atoms with Gasteiger partial charge in [0.15, 0.2) is 11.6 Å². The predicted molar refractivity (Wildman–Crippen MR) is 108 cm³/mol. The van der Waals surface area contributed by atoms with Gasteiger partial charge in [-0.2, -0.15) is 0 Å². The standard InChI is InChI=1S/C24H29FO5/c1-12-7-16-15-9-18(25)17-8-14(27)5-6-23(17,3)22(15)19(28)10-24(16,4)21(12)20(29)11-30-13(2)26/h5-6,8,12,16,18-19,21,28H,7,9-11H2,1-4H3/t12-,16+,18+,19+,21-,23+,24+/m1/s1. The first-order valence-electron chi connectivity index (χ1n) is 10.7. The Balaban J connectivity index is 1.76. The van der Waals surface area contributed by atoms with E-state index in [1.165, 1.54) is 19.1 Å². The number of alkyl halides is 1. The monoisotopic (exact) mass is 416 g/mol. The minimum Gasteiger partial charge on any atom is -0.458 e. The molecule has 0 radical (unpaired) electrons. The number of allylic oxidation sites excluding steroid dienone is 5. The van der Waals surface area contributed by atoms with Crippen LogP contribution in [0.5, 0.6) is 0 Å². The van der Waals surface area contributed by atoms with Gasteiger partial charge in [0, 0.05) is 24.7 Å². The number of ether oxygens (including phenoxy) is 1. The molecule has 0 aromatic carbocycles. The second-order valence-corrected chi connectivity index (χ2v) is 9.86. The summed E-state index contributed by atoms with van der Waals surface area (Å²) in [7, 11) is 0. The lowest BCUT2D eigenvalue weighted by Crippen LogP contribution is -2.49. The molecule has 0 aromatic heterocycles. The zero-order valence-corrected chi connectivity index (χ0v) is 17.9. The van der Waals surface area contributed by atoms with Gasteiger partial charge < -0.3 is 9.84 Å². The van der Waals surface area contributed by atoms with Crippen LogP contribution in [0.15, 0.2) is 34.9 Å². The molecule has 0 unspecified atom stereocenters. The van der Waals surface area contributed by atoms with Gasteiger partial charge in [-0.05, 0) is 60.3 Å². The third-order valence-corrected chi connectivity index (χ3v) is 7.96. The van der Waals surface area contributed by atoms with Crippen molar-refractivity contribution in [1.29, 1.82) is 0 Å². The molecular weight excluding hydrogens is 387 g/mol. The molecule has 4 aliphatic carbocycles. The molecule has 0 amide bonds. The van der Waals surface area contributed by atoms with Crippen molar-refractivity contribution in [2.24, 2.45) is 28.6 Å². The Kier molecular flexibility index (Phi) is 4.92. The Morgan fingerprint density at radius 2 is 2.03 bits per heavy atom. The SMILES string of the molecule is CC(=O)OCC(=O)[C@H]1[C@H](C)C[C@H]2C3=C([C@@H](O)C[C@@]21C)[C@@]1(C)C=CC(=O)C=C1[C@@H](F)C3. The number of aliphatic hydroxyl groups is 1. The quantitative estimate of drug-likeness (QED) is 0.564. The fourth-order valence-corrected chi connectivity index (χ4v) is 6.91. The lowest BCUT2D eigenvalue weighted by atomic mass is 9.53. The third kappa shape index (κ3) is 2.95. The van der Waals surface area contributed by atoms with Crippen LogP contribution in [-0.2, 0) is 19.1 Å². The predicted octanol–water partition coefficient (Wildman–Crippen LogP) is 3.27. The Labute approximate surface area is 176 Å². The first-order valence-corrected chi connectivity index (χ1v) is 10.7. The number of aliphatic hydroxyl groups excluding tert-OH is 1. The summed E-state index contributed by atoms with van der Waals surface area (Å²) in [6.45, 7) is 6.89. The van der Waals surface area contributed by atoms with Crippen molar-refractivity contribution in [3.05, 3.63) is 34.9 Å². The van der Waals surface area contributed by atoms with Gasteiger partial charge in [-0.3, -0.25) is 14.4 Å². The van der Waals surface area contributed by atoms with Crippen molar-refractivity contribution in [3.8, 4) is 0 Å². The average Bonchev–Trinajstić information content (AvgIpc) is 2.91. The van der Waals surface area contributed by atoms with E-state index in [1.807, 2.05) is 20.8 Å². The van der Waals surface area contributed by atoms with Gasteiger partial charge in [0.05, 0.1) is 6.10 Å². The molecule has 1 saturated carbocycles. The number of fused-ring (bicyclic) bond motifs is 4. The highest BCUT2D eigenvalue weighted by Gasteiger charge is 2.61. The molecule has 162 valence electrons. The van der Waals surface area contributed by atoms with Gasteiger partial charge in [-0.15, -0.1) is 0 Å². The highest BCUT2D eigenvalue weighted by atomic mass is 19.1. The fraction of sp³-hybridized carbons (Fsp3) is 0.625. The summed E-state index contributed by atoms with van der Waals surface area (Å²) >= 11 is 0. The minimum absolute atomic E-state index is 0.0279. The number of hydrogen-bond acceptors (Lipinski definition) is 5. The number of hydrogen-bond donors (Lipinski definition) is 1. The summed E-state index contributed by atoms with van der Waals surface area (Å²) in [4.78, 5) is 36.0. The number of esters is 1. The van der Waals surface area contributed by atoms with Crippen LogP contribution in [0, 0.1) is 28.6 Å². The van der Waals surface area contributed by atoms with E-state index in [2.05, 4.69) is 0 Å². The van der Waals surface area contributed by atoms with Crippen LogP contribution in [-0.4, -0.2) is 41.5 Å². The van der Waals surface area contributed by atoms with Crippen LogP contribution >= 0.6 is 0 Å². The van der Waals surface area contributed by atoms with Crippen molar-refractivity contribution in [2.75, 3.05) is 6.61 Å². The molecule has 0 spiro atoms. The molecule has 1 fully saturated rings. The molecule has 7 atom stereocenters. The average molecular weight is 416 g/mol. The first-order chi connectivity index (χ1) is 14.0. The normalized spacial score (nSPS) is 42.3. The largest absolute Gasteiger partial charge is 0.458 e. The second-order valence-electron chi connectivity index (χ2n) is 9.86. The molecular formula is C24H29FO5. The van der Waals surface area contributed by atoms with Crippen molar-refractivity contribution >= 4 is 17.5 Å². The Morgan fingerprint density at radius 3 is 2.70 bits per heavy atom. The Bertz CT molecular complexity index is 915. The van der Waals surface area contributed by atoms with E-state index in [9.17, 15) is 19.5 Å². The maximum atomic E-state index is 15.3. The second kappa shape index (κ2) is 6.98. The molecule has 30 heavy (non-hydrogen) atoms. The number of rotatable bonds is 3. The van der Waals surface area contributed by atoms with Gasteiger partial charge in [-0.1, -0.05) is 25.5 Å². The number of halogens is 1. The summed E-state index contributed by atoms with van der Waals surface area (Å²) in [6.07, 6.45) is 3.69. The number of ketones is 2. The maximum absolute atomic E-state index is 15.3. The van der Waals surface area contributed by atoms with Crippen LogP contribution < -0.4 is 0 Å². The van der Waals surface area contributed by atoms with Crippen molar-refractivity contribution in [3.63, 3.8) is 0 Å². The van der Waals surface area contributed by atoms with E-state index < -0.39 is 29.1 Å². The van der Waals surface area contributed by atoms with E-state index >= 15 is 4.39 Å². The van der Waals surface area contributed by atoms with Gasteiger partial charge >= 0.3 is 5.97 Å². The molecule has 0 saturated heterocycles. The molecule has 1 N–H and O–H groups in total. The van der Waals surface area contributed by atoms with Crippen LogP contribution in [0.25, 0.3) is 0 Å². The van der Waals surface area contributed by atoms with Crippen LogP contribution in [0.4, 0.5) is 4.39 Å². The summed E-state index contributed by atoms with van der Waals surface area (Å²) < 4.78 is 20.3. The molecule has 5 nitrogen and oxygen atoms in total. The Hall–Kier alpha value is -2.08. The maximum Gasteiger partial charge on any atom is 0.303 e. The highest BCUT2D eigenvalue weighted by Crippen LogP contribution is 2.65. The van der Waals surface area contributed by atoms with E-state index in [0.717, 1.165) is 17.6 Å². The van der Waals surface area contributed by atoms with E-state index in [0.29, 0.717) is 12.0 Å². The van der Waals surface area contributed by atoms with Crippen molar-refractivity contribution in [1.82, 2.24) is 0 Å². The van der Waals surface area contributed by atoms with Gasteiger partial charge in [0.25, 0.3) is 0 Å². The molecule has 6 heteroatoms.